The molecule has 1 fully saturated rings. The van der Waals surface area contributed by atoms with Crippen LogP contribution in [0.5, 0.6) is 0 Å². The van der Waals surface area contributed by atoms with E-state index in [4.69, 9.17) is 0 Å². The predicted octanol–water partition coefficient (Wildman–Crippen LogP) is 2.52. The number of para-hydroxylation sites is 1. The van der Waals surface area contributed by atoms with Gasteiger partial charge in [0.15, 0.2) is 0 Å². The van der Waals surface area contributed by atoms with E-state index in [1.54, 1.807) is 0 Å². The van der Waals surface area contributed by atoms with Gasteiger partial charge in [-0.2, -0.15) is 0 Å². The van der Waals surface area contributed by atoms with Crippen LogP contribution in [-0.4, -0.2) is 24.4 Å². The van der Waals surface area contributed by atoms with Gasteiger partial charge in [-0.15, -0.1) is 0 Å². The normalized spacial score (nSPS) is 24.4. The van der Waals surface area contributed by atoms with Crippen molar-refractivity contribution in [1.82, 2.24) is 5.32 Å². The van der Waals surface area contributed by atoms with Crippen molar-refractivity contribution in [3.8, 4) is 0 Å². The number of rotatable bonds is 4. The molecule has 3 rings (SSSR count). The third-order valence-corrected chi connectivity index (χ3v) is 4.82. The van der Waals surface area contributed by atoms with Gasteiger partial charge in [-0.05, 0) is 44.2 Å². The quantitative estimate of drug-likeness (QED) is 0.929. The first-order chi connectivity index (χ1) is 10.6. The van der Waals surface area contributed by atoms with Crippen molar-refractivity contribution < 1.29 is 9.59 Å². The second kappa shape index (κ2) is 6.11. The van der Waals surface area contributed by atoms with E-state index in [1.165, 1.54) is 5.56 Å². The van der Waals surface area contributed by atoms with Gasteiger partial charge in [0.1, 0.15) is 0 Å². The maximum Gasteiger partial charge on any atom is 0.230 e. The summed E-state index contributed by atoms with van der Waals surface area (Å²) in [7, 11) is 0. The van der Waals surface area contributed by atoms with E-state index in [2.05, 4.69) is 11.4 Å². The lowest BCUT2D eigenvalue weighted by molar-refractivity contribution is -0.126. The number of anilines is 1. The molecule has 1 heterocycles. The monoisotopic (exact) mass is 300 g/mol. The van der Waals surface area contributed by atoms with Crippen LogP contribution in [0.3, 0.4) is 0 Å². The Labute approximate surface area is 131 Å². The highest BCUT2D eigenvalue weighted by atomic mass is 16.2. The van der Waals surface area contributed by atoms with Crippen LogP contribution in [0.15, 0.2) is 24.3 Å². The zero-order valence-electron chi connectivity index (χ0n) is 13.3. The lowest BCUT2D eigenvalue weighted by Gasteiger charge is -2.29. The maximum atomic E-state index is 12.7. The summed E-state index contributed by atoms with van der Waals surface area (Å²) in [5.74, 6) is -0.0970. The summed E-state index contributed by atoms with van der Waals surface area (Å²) in [5.41, 5.74) is 2.27. The number of fused-ring (bicyclic) bond motifs is 1. The fourth-order valence-electron chi connectivity index (χ4n) is 3.17. The first kappa shape index (κ1) is 15.1. The van der Waals surface area contributed by atoms with Gasteiger partial charge in [0.25, 0.3) is 0 Å². The van der Waals surface area contributed by atoms with E-state index >= 15 is 0 Å². The molecule has 1 aromatic carbocycles. The molecular formula is C18H24N2O2. The second-order valence-electron chi connectivity index (χ2n) is 6.49. The van der Waals surface area contributed by atoms with Crippen molar-refractivity contribution in [2.75, 3.05) is 11.4 Å². The fourth-order valence-corrected chi connectivity index (χ4v) is 3.17. The van der Waals surface area contributed by atoms with Gasteiger partial charge in [-0.1, -0.05) is 25.1 Å². The molecular weight excluding hydrogens is 276 g/mol. The third-order valence-electron chi connectivity index (χ3n) is 4.82. The van der Waals surface area contributed by atoms with E-state index in [9.17, 15) is 9.59 Å². The Morgan fingerprint density at radius 1 is 1.32 bits per heavy atom. The average Bonchev–Trinajstić information content (AvgIpc) is 3.34. The molecule has 118 valence electrons. The molecule has 22 heavy (non-hydrogen) atoms. The van der Waals surface area contributed by atoms with Crippen LogP contribution < -0.4 is 10.2 Å². The number of nitrogens with zero attached hydrogens (tertiary/aromatic N) is 1. The molecule has 4 nitrogen and oxygen atoms in total. The first-order valence-electron chi connectivity index (χ1n) is 8.31. The summed E-state index contributed by atoms with van der Waals surface area (Å²) < 4.78 is 0. The van der Waals surface area contributed by atoms with Crippen LogP contribution in [0.4, 0.5) is 5.69 Å². The zero-order valence-corrected chi connectivity index (χ0v) is 13.3. The standard InChI is InChI=1S/C18H24N2O2/c1-3-12(2)19-17(21)14-11-15(14)18(22)20-10-6-8-13-7-4-5-9-16(13)20/h4-5,7,9,12,14-15H,3,6,8,10-11H2,1-2H3,(H,19,21). The minimum absolute atomic E-state index is 0.0398. The van der Waals surface area contributed by atoms with Gasteiger partial charge in [0.2, 0.25) is 11.8 Å². The molecule has 0 saturated heterocycles. The number of benzene rings is 1. The van der Waals surface area contributed by atoms with Crippen LogP contribution >= 0.6 is 0 Å². The average molecular weight is 300 g/mol. The molecule has 1 saturated carbocycles. The molecule has 4 heteroatoms. The molecule has 1 aliphatic carbocycles. The Kier molecular flexibility index (Phi) is 4.19. The van der Waals surface area contributed by atoms with Crippen LogP contribution in [-0.2, 0) is 16.0 Å². The largest absolute Gasteiger partial charge is 0.353 e. The fraction of sp³-hybridized carbons (Fsp3) is 0.556. The molecule has 3 atom stereocenters. The van der Waals surface area contributed by atoms with Crippen molar-refractivity contribution in [1.29, 1.82) is 0 Å². The van der Waals surface area contributed by atoms with Gasteiger partial charge < -0.3 is 10.2 Å². The summed E-state index contributed by atoms with van der Waals surface area (Å²) in [6, 6.07) is 8.29. The molecule has 1 N–H and O–H groups in total. The van der Waals surface area contributed by atoms with E-state index < -0.39 is 0 Å². The van der Waals surface area contributed by atoms with Gasteiger partial charge in [0.05, 0.1) is 11.8 Å². The highest BCUT2D eigenvalue weighted by molar-refractivity contribution is 6.01. The number of aryl methyl sites for hydroxylation is 1. The Hall–Kier alpha value is -1.84. The molecule has 3 unspecified atom stereocenters. The number of amides is 2. The number of carbonyl (C=O) groups is 2. The van der Waals surface area contributed by atoms with E-state index in [1.807, 2.05) is 36.9 Å². The Balaban J connectivity index is 1.66. The minimum atomic E-state index is -0.129. The molecule has 0 aromatic heterocycles. The SMILES string of the molecule is CCC(C)NC(=O)C1CC1C(=O)N1CCCc2ccccc21. The molecule has 1 aliphatic heterocycles. The Morgan fingerprint density at radius 3 is 2.86 bits per heavy atom. The zero-order chi connectivity index (χ0) is 15.7. The van der Waals surface area contributed by atoms with Gasteiger partial charge in [0, 0.05) is 18.3 Å². The Bertz CT molecular complexity index is 584. The number of hydrogen-bond donors (Lipinski definition) is 1. The summed E-state index contributed by atoms with van der Waals surface area (Å²) in [5, 5.41) is 2.99. The van der Waals surface area contributed by atoms with Crippen molar-refractivity contribution in [3.63, 3.8) is 0 Å². The van der Waals surface area contributed by atoms with Gasteiger partial charge in [-0.25, -0.2) is 0 Å². The summed E-state index contributed by atoms with van der Waals surface area (Å²) in [6.07, 6.45) is 3.64. The van der Waals surface area contributed by atoms with Gasteiger partial charge >= 0.3 is 0 Å². The summed E-state index contributed by atoms with van der Waals surface area (Å²) in [6.45, 7) is 4.81. The van der Waals surface area contributed by atoms with Crippen molar-refractivity contribution in [2.24, 2.45) is 11.8 Å². The second-order valence-corrected chi connectivity index (χ2v) is 6.49. The smallest absolute Gasteiger partial charge is 0.230 e. The molecule has 0 radical (unpaired) electrons. The van der Waals surface area contributed by atoms with Crippen molar-refractivity contribution in [2.45, 2.75) is 45.6 Å². The van der Waals surface area contributed by atoms with Crippen molar-refractivity contribution >= 4 is 17.5 Å². The minimum Gasteiger partial charge on any atom is -0.353 e. The topological polar surface area (TPSA) is 49.4 Å². The molecule has 1 aromatic rings. The molecule has 2 amide bonds. The lowest BCUT2D eigenvalue weighted by Crippen LogP contribution is -2.39. The molecule has 0 spiro atoms. The molecule has 0 bridgehead atoms. The van der Waals surface area contributed by atoms with Crippen LogP contribution in [0, 0.1) is 11.8 Å². The Morgan fingerprint density at radius 2 is 2.09 bits per heavy atom. The summed E-state index contributed by atoms with van der Waals surface area (Å²) >= 11 is 0. The predicted molar refractivity (Wildman–Crippen MR) is 86.6 cm³/mol. The van der Waals surface area contributed by atoms with Gasteiger partial charge in [-0.3, -0.25) is 9.59 Å². The van der Waals surface area contributed by atoms with E-state index in [0.29, 0.717) is 6.42 Å². The van der Waals surface area contributed by atoms with Crippen LogP contribution in [0.2, 0.25) is 0 Å². The lowest BCUT2D eigenvalue weighted by atomic mass is 10.0. The third kappa shape index (κ3) is 2.87. The van der Waals surface area contributed by atoms with Crippen LogP contribution in [0.25, 0.3) is 0 Å². The number of hydrogen-bond acceptors (Lipinski definition) is 2. The van der Waals surface area contributed by atoms with Crippen molar-refractivity contribution in [3.05, 3.63) is 29.8 Å². The van der Waals surface area contributed by atoms with E-state index in [-0.39, 0.29) is 29.7 Å². The number of carbonyl (C=O) groups excluding carboxylic acids is 2. The molecule has 2 aliphatic rings. The summed E-state index contributed by atoms with van der Waals surface area (Å²) in [4.78, 5) is 26.8. The maximum absolute atomic E-state index is 12.7. The highest BCUT2D eigenvalue weighted by Crippen LogP contribution is 2.42. The highest BCUT2D eigenvalue weighted by Gasteiger charge is 2.50. The van der Waals surface area contributed by atoms with E-state index in [0.717, 1.165) is 31.5 Å². The van der Waals surface area contributed by atoms with Crippen LogP contribution in [0.1, 0.15) is 38.7 Å². The first-order valence-corrected chi connectivity index (χ1v) is 8.31. The number of nitrogens with one attached hydrogen (secondary N) is 1.